The average molecular weight is 402 g/mol. The zero-order valence-electron chi connectivity index (χ0n) is 12.2. The Morgan fingerprint density at radius 2 is 1.92 bits per heavy atom. The van der Waals surface area contributed by atoms with E-state index in [-0.39, 0.29) is 23.0 Å². The summed E-state index contributed by atoms with van der Waals surface area (Å²) in [6.07, 6.45) is -3.42. The summed E-state index contributed by atoms with van der Waals surface area (Å²) in [6.45, 7) is 1.40. The van der Waals surface area contributed by atoms with Crippen molar-refractivity contribution in [3.05, 3.63) is 45.7 Å². The number of hydrogen-bond acceptors (Lipinski definition) is 3. The second kappa shape index (κ2) is 6.91. The summed E-state index contributed by atoms with van der Waals surface area (Å²) >= 11 is 11.7. The number of rotatable bonds is 5. The third kappa shape index (κ3) is 4.41. The molecular formula is C13H12Cl2F3N3O2S. The lowest BCUT2D eigenvalue weighted by Gasteiger charge is -2.10. The van der Waals surface area contributed by atoms with E-state index >= 15 is 0 Å². The van der Waals surface area contributed by atoms with E-state index in [4.69, 9.17) is 23.2 Å². The van der Waals surface area contributed by atoms with Gasteiger partial charge in [0.1, 0.15) is 4.90 Å². The maximum atomic E-state index is 12.4. The van der Waals surface area contributed by atoms with Crippen LogP contribution in [-0.4, -0.2) is 24.7 Å². The van der Waals surface area contributed by atoms with Gasteiger partial charge in [0.05, 0.1) is 11.6 Å². The van der Waals surface area contributed by atoms with Crippen LogP contribution in [0.3, 0.4) is 0 Å². The molecule has 0 bridgehead atoms. The molecule has 0 aliphatic carbocycles. The molecule has 0 atom stereocenters. The highest BCUT2D eigenvalue weighted by Gasteiger charge is 2.33. The van der Waals surface area contributed by atoms with Gasteiger partial charge in [-0.25, -0.2) is 13.1 Å². The molecule has 1 aromatic heterocycles. The molecule has 132 valence electrons. The number of nitrogens with zero attached hydrogens (tertiary/aromatic N) is 2. The fraction of sp³-hybridized carbons (Fsp3) is 0.308. The van der Waals surface area contributed by atoms with Gasteiger partial charge in [-0.2, -0.15) is 18.3 Å². The Bertz CT molecular complexity index is 851. The summed E-state index contributed by atoms with van der Waals surface area (Å²) in [5.74, 6) is 0. The number of aryl methyl sites for hydroxylation is 1. The van der Waals surface area contributed by atoms with Gasteiger partial charge in [0.2, 0.25) is 10.0 Å². The zero-order valence-corrected chi connectivity index (χ0v) is 14.6. The normalized spacial score (nSPS) is 12.6. The first-order chi connectivity index (χ1) is 11.0. The summed E-state index contributed by atoms with van der Waals surface area (Å²) in [6, 6.07) is 3.45. The van der Waals surface area contributed by atoms with Crippen LogP contribution >= 0.6 is 23.2 Å². The minimum atomic E-state index is -4.54. The number of benzene rings is 1. The molecule has 0 unspecified atom stereocenters. The third-order valence-electron chi connectivity index (χ3n) is 3.07. The van der Waals surface area contributed by atoms with Crippen LogP contribution < -0.4 is 4.72 Å². The molecule has 0 saturated heterocycles. The molecule has 0 amide bonds. The summed E-state index contributed by atoms with van der Waals surface area (Å²) in [4.78, 5) is -0.150. The molecule has 0 spiro atoms. The van der Waals surface area contributed by atoms with Gasteiger partial charge in [0.15, 0.2) is 5.69 Å². The molecule has 11 heteroatoms. The van der Waals surface area contributed by atoms with Crippen LogP contribution in [0.1, 0.15) is 11.3 Å². The smallest absolute Gasteiger partial charge is 0.271 e. The van der Waals surface area contributed by atoms with Crippen LogP contribution in [0.4, 0.5) is 13.2 Å². The van der Waals surface area contributed by atoms with E-state index in [1.54, 1.807) is 6.92 Å². The van der Waals surface area contributed by atoms with Gasteiger partial charge in [-0.1, -0.05) is 23.2 Å². The minimum absolute atomic E-state index is 0.0449. The van der Waals surface area contributed by atoms with Crippen molar-refractivity contribution < 1.29 is 21.6 Å². The van der Waals surface area contributed by atoms with E-state index in [9.17, 15) is 21.6 Å². The average Bonchev–Trinajstić information content (AvgIpc) is 2.91. The topological polar surface area (TPSA) is 64.0 Å². The van der Waals surface area contributed by atoms with Gasteiger partial charge in [0, 0.05) is 17.8 Å². The minimum Gasteiger partial charge on any atom is -0.271 e. The van der Waals surface area contributed by atoms with Gasteiger partial charge < -0.3 is 0 Å². The predicted octanol–water partition coefficient (Wildman–Crippen LogP) is 3.50. The summed E-state index contributed by atoms with van der Waals surface area (Å²) in [7, 11) is -3.93. The van der Waals surface area contributed by atoms with Crippen LogP contribution in [0.2, 0.25) is 10.0 Å². The first-order valence-electron chi connectivity index (χ1n) is 6.56. The summed E-state index contributed by atoms with van der Waals surface area (Å²) in [5.41, 5.74) is -0.509. The van der Waals surface area contributed by atoms with Crippen molar-refractivity contribution in [1.82, 2.24) is 14.5 Å². The molecule has 1 heterocycles. The number of halogens is 5. The van der Waals surface area contributed by atoms with Gasteiger partial charge in [-0.05, 0) is 30.7 Å². The Morgan fingerprint density at radius 1 is 1.25 bits per heavy atom. The highest BCUT2D eigenvalue weighted by molar-refractivity contribution is 7.89. The quantitative estimate of drug-likeness (QED) is 0.833. The Kier molecular flexibility index (Phi) is 5.48. The van der Waals surface area contributed by atoms with Crippen LogP contribution in [0.25, 0.3) is 0 Å². The highest BCUT2D eigenvalue weighted by Crippen LogP contribution is 2.28. The monoisotopic (exact) mass is 401 g/mol. The largest absolute Gasteiger partial charge is 0.435 e. The van der Waals surface area contributed by atoms with E-state index in [1.807, 2.05) is 0 Å². The van der Waals surface area contributed by atoms with Crippen molar-refractivity contribution in [2.75, 3.05) is 6.54 Å². The lowest BCUT2D eigenvalue weighted by Crippen LogP contribution is -2.28. The molecule has 0 saturated carbocycles. The predicted molar refractivity (Wildman–Crippen MR) is 83.6 cm³/mol. The molecule has 24 heavy (non-hydrogen) atoms. The van der Waals surface area contributed by atoms with E-state index in [2.05, 4.69) is 9.82 Å². The molecule has 2 aromatic rings. The molecule has 0 radical (unpaired) electrons. The molecule has 0 fully saturated rings. The maximum absolute atomic E-state index is 12.4. The Balaban J connectivity index is 2.06. The van der Waals surface area contributed by atoms with Crippen molar-refractivity contribution >= 4 is 33.2 Å². The molecule has 2 rings (SSSR count). The van der Waals surface area contributed by atoms with E-state index < -0.39 is 21.9 Å². The lowest BCUT2D eigenvalue weighted by molar-refractivity contribution is -0.141. The van der Waals surface area contributed by atoms with Gasteiger partial charge >= 0.3 is 6.18 Å². The van der Waals surface area contributed by atoms with Crippen LogP contribution in [0.5, 0.6) is 0 Å². The highest BCUT2D eigenvalue weighted by atomic mass is 35.5. The van der Waals surface area contributed by atoms with Gasteiger partial charge in [-0.15, -0.1) is 0 Å². The van der Waals surface area contributed by atoms with Crippen LogP contribution in [0.15, 0.2) is 29.3 Å². The molecule has 5 nitrogen and oxygen atoms in total. The standard InChI is InChI=1S/C13H12Cl2F3N3O2S/c1-8-6-11(10(15)7-9(8)14)24(22,23)19-3-5-21-4-2-12(20-21)13(16,17)18/h2,4,6-7,19H,3,5H2,1H3. The van der Waals surface area contributed by atoms with Gasteiger partial charge in [-0.3, -0.25) is 4.68 Å². The Morgan fingerprint density at radius 3 is 2.50 bits per heavy atom. The number of alkyl halides is 3. The molecule has 1 aromatic carbocycles. The Hall–Kier alpha value is -1.29. The zero-order chi connectivity index (χ0) is 18.1. The first-order valence-corrected chi connectivity index (χ1v) is 8.80. The third-order valence-corrected chi connectivity index (χ3v) is 5.40. The maximum Gasteiger partial charge on any atom is 0.435 e. The van der Waals surface area contributed by atoms with Crippen molar-refractivity contribution in [3.63, 3.8) is 0 Å². The second-order valence-electron chi connectivity index (χ2n) is 4.89. The second-order valence-corrected chi connectivity index (χ2v) is 7.44. The Labute approximate surface area is 146 Å². The first kappa shape index (κ1) is 19.0. The lowest BCUT2D eigenvalue weighted by atomic mass is 10.2. The van der Waals surface area contributed by atoms with E-state index in [1.165, 1.54) is 12.1 Å². The fourth-order valence-electron chi connectivity index (χ4n) is 1.85. The molecule has 0 aliphatic rings. The number of sulfonamides is 1. The van der Waals surface area contributed by atoms with Crippen LogP contribution in [-0.2, 0) is 22.7 Å². The molecule has 1 N–H and O–H groups in total. The molecular weight excluding hydrogens is 390 g/mol. The van der Waals surface area contributed by atoms with Gasteiger partial charge in [0.25, 0.3) is 0 Å². The van der Waals surface area contributed by atoms with Crippen molar-refractivity contribution in [2.24, 2.45) is 0 Å². The van der Waals surface area contributed by atoms with Crippen molar-refractivity contribution in [1.29, 1.82) is 0 Å². The number of aromatic nitrogens is 2. The number of nitrogens with one attached hydrogen (secondary N) is 1. The number of hydrogen-bond donors (Lipinski definition) is 1. The van der Waals surface area contributed by atoms with Crippen molar-refractivity contribution in [2.45, 2.75) is 24.5 Å². The van der Waals surface area contributed by atoms with E-state index in [0.717, 1.165) is 16.9 Å². The SMILES string of the molecule is Cc1cc(S(=O)(=O)NCCn2ccc(C(F)(F)F)n2)c(Cl)cc1Cl. The van der Waals surface area contributed by atoms with E-state index in [0.29, 0.717) is 10.6 Å². The summed E-state index contributed by atoms with van der Waals surface area (Å²) in [5, 5.41) is 3.61. The van der Waals surface area contributed by atoms with Crippen molar-refractivity contribution in [3.8, 4) is 0 Å². The summed E-state index contributed by atoms with van der Waals surface area (Å²) < 4.78 is 65.0. The molecule has 0 aliphatic heterocycles. The van der Waals surface area contributed by atoms with Crippen LogP contribution in [0, 0.1) is 6.92 Å². The fourth-order valence-corrected chi connectivity index (χ4v) is 3.70.